The summed E-state index contributed by atoms with van der Waals surface area (Å²) in [5, 5.41) is 9.71. The minimum absolute atomic E-state index is 0.390. The van der Waals surface area contributed by atoms with Gasteiger partial charge in [-0.3, -0.25) is 9.69 Å². The van der Waals surface area contributed by atoms with E-state index in [1.807, 2.05) is 17.8 Å². The monoisotopic (exact) mass is 319 g/mol. The van der Waals surface area contributed by atoms with Crippen LogP contribution in [-0.4, -0.2) is 46.8 Å². The zero-order valence-electron chi connectivity index (χ0n) is 13.7. The molecule has 23 heavy (non-hydrogen) atoms. The van der Waals surface area contributed by atoms with Crippen LogP contribution in [0.15, 0.2) is 30.6 Å². The number of carbonyl (C=O) groups is 1. The van der Waals surface area contributed by atoms with Crippen molar-refractivity contribution in [3.63, 3.8) is 0 Å². The van der Waals surface area contributed by atoms with Gasteiger partial charge in [0.15, 0.2) is 11.5 Å². The number of methoxy groups -OCH3 is 2. The van der Waals surface area contributed by atoms with E-state index in [-0.39, 0.29) is 0 Å². The van der Waals surface area contributed by atoms with Gasteiger partial charge in [0, 0.05) is 25.0 Å². The summed E-state index contributed by atoms with van der Waals surface area (Å²) < 4.78 is 12.5. The molecule has 7 heteroatoms. The largest absolute Gasteiger partial charge is 0.493 e. The first kappa shape index (κ1) is 16.8. The number of nitrogens with zero attached hydrogens (tertiary/aromatic N) is 3. The molecule has 0 spiro atoms. The van der Waals surface area contributed by atoms with Crippen molar-refractivity contribution < 1.29 is 19.4 Å². The van der Waals surface area contributed by atoms with E-state index in [4.69, 9.17) is 9.47 Å². The number of imidazole rings is 1. The van der Waals surface area contributed by atoms with Crippen LogP contribution in [0.2, 0.25) is 0 Å². The minimum Gasteiger partial charge on any atom is -0.493 e. The maximum Gasteiger partial charge on any atom is 0.325 e. The van der Waals surface area contributed by atoms with Gasteiger partial charge < -0.3 is 19.1 Å². The molecule has 1 N–H and O–H groups in total. The van der Waals surface area contributed by atoms with Crippen LogP contribution in [-0.2, 0) is 18.4 Å². The number of aryl methyl sites for hydroxylation is 1. The number of hydrogen-bond donors (Lipinski definition) is 1. The summed E-state index contributed by atoms with van der Waals surface area (Å²) in [6, 6.07) is 4.34. The Hall–Kier alpha value is -2.54. The Bertz CT molecular complexity index is 684. The summed E-state index contributed by atoms with van der Waals surface area (Å²) in [6.45, 7) is 0.390. The van der Waals surface area contributed by atoms with Crippen molar-refractivity contribution >= 4 is 5.97 Å². The Morgan fingerprint density at radius 2 is 2.13 bits per heavy atom. The summed E-state index contributed by atoms with van der Waals surface area (Å²) in [7, 11) is 6.64. The number of para-hydroxylation sites is 1. The van der Waals surface area contributed by atoms with Gasteiger partial charge in [-0.1, -0.05) is 12.1 Å². The number of benzene rings is 1. The fraction of sp³-hybridized carbons (Fsp3) is 0.375. The van der Waals surface area contributed by atoms with Crippen molar-refractivity contribution in [1.29, 1.82) is 0 Å². The third-order valence-corrected chi connectivity index (χ3v) is 3.71. The van der Waals surface area contributed by atoms with E-state index < -0.39 is 12.0 Å². The van der Waals surface area contributed by atoms with Crippen molar-refractivity contribution in [1.82, 2.24) is 14.5 Å². The van der Waals surface area contributed by atoms with Crippen LogP contribution in [0.4, 0.5) is 0 Å². The summed E-state index contributed by atoms with van der Waals surface area (Å²) in [4.78, 5) is 17.8. The molecule has 0 saturated carbocycles. The lowest BCUT2D eigenvalue weighted by Gasteiger charge is -2.26. The van der Waals surface area contributed by atoms with Gasteiger partial charge >= 0.3 is 5.97 Å². The highest BCUT2D eigenvalue weighted by Gasteiger charge is 2.29. The first-order valence-electron chi connectivity index (χ1n) is 7.09. The fourth-order valence-electron chi connectivity index (χ4n) is 2.55. The Balaban J connectivity index is 2.39. The van der Waals surface area contributed by atoms with Crippen molar-refractivity contribution in [2.45, 2.75) is 12.6 Å². The van der Waals surface area contributed by atoms with Crippen molar-refractivity contribution in [3.8, 4) is 11.5 Å². The van der Waals surface area contributed by atoms with Crippen molar-refractivity contribution in [2.75, 3.05) is 21.3 Å². The average molecular weight is 319 g/mol. The Labute approximate surface area is 135 Å². The number of carboxylic acids is 1. The van der Waals surface area contributed by atoms with Crippen LogP contribution in [0.3, 0.4) is 0 Å². The maximum atomic E-state index is 11.9. The first-order valence-corrected chi connectivity index (χ1v) is 7.09. The van der Waals surface area contributed by atoms with Gasteiger partial charge in [0.1, 0.15) is 11.9 Å². The molecule has 0 radical (unpaired) electrons. The van der Waals surface area contributed by atoms with E-state index in [1.54, 1.807) is 36.3 Å². The number of likely N-dealkylation sites (N-methyl/N-ethyl adjacent to an activating group) is 1. The highest BCUT2D eigenvalue weighted by molar-refractivity contribution is 5.77. The van der Waals surface area contributed by atoms with Crippen LogP contribution in [0.5, 0.6) is 11.5 Å². The second-order valence-corrected chi connectivity index (χ2v) is 5.19. The molecule has 1 heterocycles. The second kappa shape index (κ2) is 7.15. The predicted molar refractivity (Wildman–Crippen MR) is 84.6 cm³/mol. The van der Waals surface area contributed by atoms with Gasteiger partial charge in [0.25, 0.3) is 0 Å². The molecule has 2 rings (SSSR count). The molecule has 0 fully saturated rings. The lowest BCUT2D eigenvalue weighted by molar-refractivity contribution is -0.143. The number of aromatic nitrogens is 2. The van der Waals surface area contributed by atoms with Gasteiger partial charge in [-0.2, -0.15) is 0 Å². The quantitative estimate of drug-likeness (QED) is 0.837. The molecule has 0 saturated heterocycles. The van der Waals surface area contributed by atoms with E-state index in [9.17, 15) is 9.90 Å². The van der Waals surface area contributed by atoms with Crippen LogP contribution in [0.25, 0.3) is 0 Å². The molecular formula is C16H21N3O4. The minimum atomic E-state index is -0.965. The van der Waals surface area contributed by atoms with Gasteiger partial charge in [0.05, 0.1) is 20.8 Å². The smallest absolute Gasteiger partial charge is 0.325 e. The topological polar surface area (TPSA) is 76.8 Å². The third-order valence-electron chi connectivity index (χ3n) is 3.71. The molecule has 124 valence electrons. The average Bonchev–Trinajstić information content (AvgIpc) is 2.91. The molecule has 2 aromatic rings. The van der Waals surface area contributed by atoms with Gasteiger partial charge in [-0.15, -0.1) is 0 Å². The molecule has 0 bridgehead atoms. The molecular weight excluding hydrogens is 298 g/mol. The Morgan fingerprint density at radius 1 is 1.39 bits per heavy atom. The van der Waals surface area contributed by atoms with Crippen LogP contribution < -0.4 is 9.47 Å². The number of ether oxygens (including phenoxy) is 2. The summed E-state index contributed by atoms with van der Waals surface area (Å²) in [5.41, 5.74) is 0.538. The Morgan fingerprint density at radius 3 is 2.65 bits per heavy atom. The fourth-order valence-corrected chi connectivity index (χ4v) is 2.55. The van der Waals surface area contributed by atoms with E-state index in [0.29, 0.717) is 23.6 Å². The number of aliphatic carboxylic acids is 1. The van der Waals surface area contributed by atoms with E-state index in [2.05, 4.69) is 4.98 Å². The molecule has 1 atom stereocenters. The molecule has 7 nitrogen and oxygen atoms in total. The van der Waals surface area contributed by atoms with Crippen LogP contribution in [0, 0.1) is 0 Å². The summed E-state index contributed by atoms with van der Waals surface area (Å²) in [5.74, 6) is 0.740. The first-order chi connectivity index (χ1) is 11.0. The van der Waals surface area contributed by atoms with Gasteiger partial charge in [-0.25, -0.2) is 4.98 Å². The number of carboxylic acid groups (broad SMARTS) is 1. The van der Waals surface area contributed by atoms with Gasteiger partial charge in [0.2, 0.25) is 0 Å². The molecule has 0 unspecified atom stereocenters. The van der Waals surface area contributed by atoms with Crippen LogP contribution >= 0.6 is 0 Å². The molecule has 1 aromatic carbocycles. The lowest BCUT2D eigenvalue weighted by atomic mass is 10.0. The predicted octanol–water partition coefficient (Wildman–Crippen LogP) is 1.69. The zero-order chi connectivity index (χ0) is 17.0. The second-order valence-electron chi connectivity index (χ2n) is 5.19. The molecule has 1 aromatic heterocycles. The number of rotatable bonds is 7. The molecule has 0 aliphatic heterocycles. The van der Waals surface area contributed by atoms with E-state index in [1.165, 1.54) is 14.2 Å². The molecule has 0 aliphatic rings. The summed E-state index contributed by atoms with van der Waals surface area (Å²) >= 11 is 0. The van der Waals surface area contributed by atoms with Crippen molar-refractivity contribution in [3.05, 3.63) is 42.0 Å². The van der Waals surface area contributed by atoms with E-state index >= 15 is 0 Å². The maximum absolute atomic E-state index is 11.9. The van der Waals surface area contributed by atoms with Gasteiger partial charge in [-0.05, 0) is 13.1 Å². The molecule has 0 amide bonds. The standard InChI is InChI=1S/C16H21N3O4/c1-18-9-8-17-13(18)10-19(2)14(16(20)21)11-6-5-7-12(22-3)15(11)23-4/h5-9,14H,10H2,1-4H3,(H,20,21)/t14-/m0/s1. The molecule has 0 aliphatic carbocycles. The SMILES string of the molecule is COc1cccc([C@@H](C(=O)O)N(C)Cc2nccn2C)c1OC. The lowest BCUT2D eigenvalue weighted by Crippen LogP contribution is -2.31. The highest BCUT2D eigenvalue weighted by atomic mass is 16.5. The normalized spacial score (nSPS) is 12.2. The number of hydrogen-bond acceptors (Lipinski definition) is 5. The highest BCUT2D eigenvalue weighted by Crippen LogP contribution is 2.37. The zero-order valence-corrected chi connectivity index (χ0v) is 13.7. The Kier molecular flexibility index (Phi) is 5.23. The van der Waals surface area contributed by atoms with E-state index in [0.717, 1.165) is 5.82 Å². The van der Waals surface area contributed by atoms with Crippen LogP contribution in [0.1, 0.15) is 17.4 Å². The summed E-state index contributed by atoms with van der Waals surface area (Å²) in [6.07, 6.45) is 3.51. The third kappa shape index (κ3) is 3.45. The van der Waals surface area contributed by atoms with Crippen molar-refractivity contribution in [2.24, 2.45) is 7.05 Å².